The van der Waals surface area contributed by atoms with Crippen LogP contribution in [0.1, 0.15) is 27.4 Å². The number of anilines is 1. The number of nitrogens with one attached hydrogen (secondary N) is 1. The first-order chi connectivity index (χ1) is 15.4. The minimum atomic E-state index is -0.487. The molecule has 32 heavy (non-hydrogen) atoms. The summed E-state index contributed by atoms with van der Waals surface area (Å²) >= 11 is 9.37. The number of hydrogen-bond donors (Lipinski definition) is 1. The Kier molecular flexibility index (Phi) is 6.57. The van der Waals surface area contributed by atoms with Crippen molar-refractivity contribution in [3.8, 4) is 5.75 Å². The molecule has 4 aromatic rings. The highest BCUT2D eigenvalue weighted by molar-refractivity contribution is 9.10. The largest absolute Gasteiger partial charge is 0.489 e. The summed E-state index contributed by atoms with van der Waals surface area (Å²) in [6.45, 7) is 2.20. The van der Waals surface area contributed by atoms with E-state index in [0.717, 1.165) is 5.56 Å². The van der Waals surface area contributed by atoms with E-state index in [4.69, 9.17) is 20.9 Å². The van der Waals surface area contributed by atoms with Crippen molar-refractivity contribution < 1.29 is 18.4 Å². The van der Waals surface area contributed by atoms with E-state index in [-0.39, 0.29) is 18.1 Å². The molecule has 2 aromatic carbocycles. The van der Waals surface area contributed by atoms with Gasteiger partial charge in [-0.1, -0.05) is 35.0 Å². The van der Waals surface area contributed by atoms with Gasteiger partial charge in [0.25, 0.3) is 5.91 Å². The second kappa shape index (κ2) is 9.54. The van der Waals surface area contributed by atoms with E-state index in [1.807, 2.05) is 0 Å². The Hall–Kier alpha value is -3.17. The first kappa shape index (κ1) is 22.0. The van der Waals surface area contributed by atoms with Crippen LogP contribution in [0.15, 0.2) is 63.7 Å². The van der Waals surface area contributed by atoms with Gasteiger partial charge in [0.15, 0.2) is 11.5 Å². The number of aromatic nitrogens is 3. The van der Waals surface area contributed by atoms with E-state index in [0.29, 0.717) is 38.9 Å². The fraction of sp³-hybridized carbons (Fsp3) is 0.136. The van der Waals surface area contributed by atoms with Gasteiger partial charge >= 0.3 is 0 Å². The van der Waals surface area contributed by atoms with Crippen molar-refractivity contribution in [3.05, 3.63) is 92.6 Å². The van der Waals surface area contributed by atoms with Gasteiger partial charge in [0, 0.05) is 11.2 Å². The van der Waals surface area contributed by atoms with Crippen LogP contribution >= 0.6 is 27.5 Å². The Bertz CT molecular complexity index is 1260. The van der Waals surface area contributed by atoms with Gasteiger partial charge in [0.05, 0.1) is 16.6 Å². The van der Waals surface area contributed by atoms with Gasteiger partial charge in [-0.25, -0.2) is 4.39 Å². The third-order valence-electron chi connectivity index (χ3n) is 4.59. The lowest BCUT2D eigenvalue weighted by Gasteiger charge is -2.07. The van der Waals surface area contributed by atoms with E-state index in [9.17, 15) is 9.18 Å². The number of halogens is 3. The minimum Gasteiger partial charge on any atom is -0.489 e. The lowest BCUT2D eigenvalue weighted by molar-refractivity contribution is 0.101. The average Bonchev–Trinajstić information content (AvgIpc) is 3.30. The van der Waals surface area contributed by atoms with Crippen molar-refractivity contribution in [1.29, 1.82) is 0 Å². The molecular weight excluding hydrogens is 503 g/mol. The van der Waals surface area contributed by atoms with E-state index in [1.165, 1.54) is 12.1 Å². The predicted molar refractivity (Wildman–Crippen MR) is 120 cm³/mol. The predicted octanol–water partition coefficient (Wildman–Crippen LogP) is 5.61. The minimum absolute atomic E-state index is 0.0820. The van der Waals surface area contributed by atoms with Crippen molar-refractivity contribution >= 4 is 39.3 Å². The summed E-state index contributed by atoms with van der Waals surface area (Å²) in [5, 5.41) is 11.5. The fourth-order valence-electron chi connectivity index (χ4n) is 2.96. The van der Waals surface area contributed by atoms with Crippen LogP contribution in [0.3, 0.4) is 0 Å². The van der Waals surface area contributed by atoms with Gasteiger partial charge < -0.3 is 14.6 Å². The Morgan fingerprint density at radius 3 is 2.81 bits per heavy atom. The summed E-state index contributed by atoms with van der Waals surface area (Å²) in [5.74, 6) is 0.560. The highest BCUT2D eigenvalue weighted by Crippen LogP contribution is 2.24. The van der Waals surface area contributed by atoms with Gasteiger partial charge in [0.2, 0.25) is 0 Å². The molecule has 2 aromatic heterocycles. The molecule has 0 aliphatic rings. The molecule has 0 fully saturated rings. The van der Waals surface area contributed by atoms with Crippen molar-refractivity contribution in [2.45, 2.75) is 20.1 Å². The standard InChI is InChI=1S/C22H17BrClFN4O3/c1-13-18(12-31-17-4-2-3-15(24)9-17)20(28-32-13)22(30)26-21-19(23)11-29(27-21)10-14-5-7-16(25)8-6-14/h2-9,11H,10,12H2,1H3,(H,26,27,30). The van der Waals surface area contributed by atoms with Crippen LogP contribution in [-0.4, -0.2) is 20.8 Å². The number of amides is 1. The molecule has 0 radical (unpaired) electrons. The third-order valence-corrected chi connectivity index (χ3v) is 5.40. The van der Waals surface area contributed by atoms with Crippen LogP contribution in [0.4, 0.5) is 10.2 Å². The summed E-state index contributed by atoms with van der Waals surface area (Å²) in [7, 11) is 0. The lowest BCUT2D eigenvalue weighted by Crippen LogP contribution is -2.16. The molecule has 0 saturated carbocycles. The summed E-state index contributed by atoms with van der Waals surface area (Å²) in [5.41, 5.74) is 1.49. The second-order valence-corrected chi connectivity index (χ2v) is 8.21. The van der Waals surface area contributed by atoms with Crippen LogP contribution in [-0.2, 0) is 13.2 Å². The van der Waals surface area contributed by atoms with E-state index < -0.39 is 5.91 Å². The molecule has 0 aliphatic carbocycles. The van der Waals surface area contributed by atoms with Gasteiger partial charge in [-0.15, -0.1) is 0 Å². The zero-order valence-corrected chi connectivity index (χ0v) is 19.2. The van der Waals surface area contributed by atoms with Crippen molar-refractivity contribution in [2.24, 2.45) is 0 Å². The summed E-state index contributed by atoms with van der Waals surface area (Å²) in [4.78, 5) is 12.8. The first-order valence-electron chi connectivity index (χ1n) is 9.51. The quantitative estimate of drug-likeness (QED) is 0.343. The number of carbonyl (C=O) groups excluding carboxylic acids is 1. The number of rotatable bonds is 7. The van der Waals surface area contributed by atoms with E-state index in [1.54, 1.807) is 54.2 Å². The van der Waals surface area contributed by atoms with Gasteiger partial charge in [0.1, 0.15) is 23.9 Å². The number of ether oxygens (including phenoxy) is 1. The number of aryl methyl sites for hydroxylation is 1. The van der Waals surface area contributed by atoms with E-state index in [2.05, 4.69) is 31.5 Å². The Balaban J connectivity index is 1.46. The molecule has 0 bridgehead atoms. The summed E-state index contributed by atoms with van der Waals surface area (Å²) in [6, 6.07) is 13.1. The maximum atomic E-state index is 13.1. The van der Waals surface area contributed by atoms with Crippen LogP contribution in [0.2, 0.25) is 5.02 Å². The molecule has 0 atom stereocenters. The highest BCUT2D eigenvalue weighted by Gasteiger charge is 2.22. The van der Waals surface area contributed by atoms with E-state index >= 15 is 0 Å². The molecule has 1 N–H and O–H groups in total. The zero-order valence-electron chi connectivity index (χ0n) is 16.8. The molecule has 4 rings (SSSR count). The monoisotopic (exact) mass is 518 g/mol. The topological polar surface area (TPSA) is 82.2 Å². The lowest BCUT2D eigenvalue weighted by atomic mass is 10.2. The molecule has 2 heterocycles. The summed E-state index contributed by atoms with van der Waals surface area (Å²) < 4.78 is 26.3. The molecule has 164 valence electrons. The summed E-state index contributed by atoms with van der Waals surface area (Å²) in [6.07, 6.45) is 1.72. The van der Waals surface area contributed by atoms with Gasteiger partial charge in [-0.2, -0.15) is 5.10 Å². The highest BCUT2D eigenvalue weighted by atomic mass is 79.9. The Morgan fingerprint density at radius 2 is 2.06 bits per heavy atom. The van der Waals surface area contributed by atoms with Crippen molar-refractivity contribution in [1.82, 2.24) is 14.9 Å². The maximum Gasteiger partial charge on any atom is 0.279 e. The van der Waals surface area contributed by atoms with Crippen molar-refractivity contribution in [2.75, 3.05) is 5.32 Å². The van der Waals surface area contributed by atoms with Gasteiger partial charge in [-0.3, -0.25) is 9.48 Å². The van der Waals surface area contributed by atoms with Crippen molar-refractivity contribution in [3.63, 3.8) is 0 Å². The fourth-order valence-corrected chi connectivity index (χ4v) is 3.55. The Labute approximate surface area is 196 Å². The smallest absolute Gasteiger partial charge is 0.279 e. The molecule has 7 nitrogen and oxygen atoms in total. The molecule has 0 spiro atoms. The molecule has 0 saturated heterocycles. The number of nitrogens with zero attached hydrogens (tertiary/aromatic N) is 3. The second-order valence-electron chi connectivity index (χ2n) is 6.92. The first-order valence-corrected chi connectivity index (χ1v) is 10.7. The Morgan fingerprint density at radius 1 is 1.28 bits per heavy atom. The maximum absolute atomic E-state index is 13.1. The molecule has 0 aliphatic heterocycles. The SMILES string of the molecule is Cc1onc(C(=O)Nc2nn(Cc3ccc(F)cc3)cc2Br)c1COc1cccc(Cl)c1. The van der Waals surface area contributed by atoms with Crippen LogP contribution in [0.25, 0.3) is 0 Å². The molecule has 0 unspecified atom stereocenters. The number of hydrogen-bond acceptors (Lipinski definition) is 5. The van der Waals surface area contributed by atoms with Crippen LogP contribution in [0.5, 0.6) is 5.75 Å². The molecule has 1 amide bonds. The number of benzene rings is 2. The average molecular weight is 520 g/mol. The zero-order chi connectivity index (χ0) is 22.7. The molecule has 10 heteroatoms. The normalized spacial score (nSPS) is 10.9. The van der Waals surface area contributed by atoms with Crippen LogP contribution in [0, 0.1) is 12.7 Å². The van der Waals surface area contributed by atoms with Crippen LogP contribution < -0.4 is 10.1 Å². The van der Waals surface area contributed by atoms with Gasteiger partial charge in [-0.05, 0) is 58.7 Å². The number of carbonyl (C=O) groups is 1. The third kappa shape index (κ3) is 5.17. The molecular formula is C22H17BrClFN4O3.